The number of halogens is 2. The minimum absolute atomic E-state index is 0.0873. The Bertz CT molecular complexity index is 384. The van der Waals surface area contributed by atoms with E-state index < -0.39 is 0 Å². The summed E-state index contributed by atoms with van der Waals surface area (Å²) in [5.74, 6) is 0.917. The largest absolute Gasteiger partial charge is 0.489 e. The Morgan fingerprint density at radius 2 is 2.05 bits per heavy atom. The highest BCUT2D eigenvalue weighted by Crippen LogP contribution is 2.22. The number of benzene rings is 1. The minimum atomic E-state index is -0.289. The van der Waals surface area contributed by atoms with Crippen molar-refractivity contribution < 1.29 is 9.13 Å². The number of hydrogen-bond donors (Lipinski definition) is 1. The van der Waals surface area contributed by atoms with E-state index in [-0.39, 0.29) is 11.9 Å². The summed E-state index contributed by atoms with van der Waals surface area (Å²) in [7, 11) is 0. The van der Waals surface area contributed by atoms with Crippen LogP contribution in [0.1, 0.15) is 33.6 Å². The van der Waals surface area contributed by atoms with Crippen LogP contribution in [0.3, 0.4) is 0 Å². The maximum absolute atomic E-state index is 13.4. The lowest BCUT2D eigenvalue weighted by atomic mass is 10.2. The highest BCUT2D eigenvalue weighted by molar-refractivity contribution is 9.10. The molecule has 0 saturated heterocycles. The summed E-state index contributed by atoms with van der Waals surface area (Å²) < 4.78 is 19.7. The van der Waals surface area contributed by atoms with Gasteiger partial charge in [-0.05, 0) is 46.9 Å². The maximum Gasteiger partial charge on any atom is 0.141 e. The highest BCUT2D eigenvalue weighted by Gasteiger charge is 2.11. The number of hydrogen-bond acceptors (Lipinski definition) is 2. The van der Waals surface area contributed by atoms with E-state index in [2.05, 4.69) is 42.0 Å². The van der Waals surface area contributed by atoms with Gasteiger partial charge in [0.05, 0.1) is 4.47 Å². The molecule has 1 atom stereocenters. The van der Waals surface area contributed by atoms with Crippen molar-refractivity contribution in [3.8, 4) is 5.75 Å². The second-order valence-electron chi connectivity index (χ2n) is 5.16. The zero-order valence-corrected chi connectivity index (χ0v) is 13.5. The molecule has 0 fully saturated rings. The average molecular weight is 332 g/mol. The number of ether oxygens (including phenoxy) is 1. The van der Waals surface area contributed by atoms with Crippen molar-refractivity contribution in [3.05, 3.63) is 28.5 Å². The third-order valence-electron chi connectivity index (χ3n) is 2.73. The van der Waals surface area contributed by atoms with Crippen LogP contribution in [0.4, 0.5) is 4.39 Å². The first-order valence-corrected chi connectivity index (χ1v) is 7.64. The quantitative estimate of drug-likeness (QED) is 0.763. The van der Waals surface area contributed by atoms with Crippen LogP contribution in [0, 0.1) is 11.7 Å². The molecule has 0 aliphatic rings. The van der Waals surface area contributed by atoms with Crippen molar-refractivity contribution in [2.75, 3.05) is 13.1 Å². The molecule has 0 saturated carbocycles. The van der Waals surface area contributed by atoms with Crippen LogP contribution in [0.25, 0.3) is 0 Å². The summed E-state index contributed by atoms with van der Waals surface area (Å²) in [6.45, 7) is 8.24. The molecule has 0 spiro atoms. The SMILES string of the molecule is CCCC(CNCC(C)C)Oc1ccc(Br)c(F)c1. The fraction of sp³-hybridized carbons (Fsp3) is 0.600. The van der Waals surface area contributed by atoms with Crippen molar-refractivity contribution in [2.24, 2.45) is 5.92 Å². The predicted octanol–water partition coefficient (Wildman–Crippen LogP) is 4.38. The Kier molecular flexibility index (Phi) is 7.39. The van der Waals surface area contributed by atoms with E-state index in [1.165, 1.54) is 6.07 Å². The standard InChI is InChI=1S/C15H23BrFNO/c1-4-5-13(10-18-9-11(2)3)19-12-6-7-14(16)15(17)8-12/h6-8,11,13,18H,4-5,9-10H2,1-3H3. The molecule has 0 aromatic heterocycles. The average Bonchev–Trinajstić information content (AvgIpc) is 2.33. The lowest BCUT2D eigenvalue weighted by molar-refractivity contribution is 0.184. The molecule has 1 aromatic carbocycles. The third kappa shape index (κ3) is 6.39. The van der Waals surface area contributed by atoms with Crippen LogP contribution in [-0.2, 0) is 0 Å². The molecule has 0 aliphatic heterocycles. The van der Waals surface area contributed by atoms with E-state index in [0.717, 1.165) is 25.9 Å². The molecule has 0 heterocycles. The first-order chi connectivity index (χ1) is 9.02. The Hall–Kier alpha value is -0.610. The van der Waals surface area contributed by atoms with E-state index in [4.69, 9.17) is 4.74 Å². The first-order valence-electron chi connectivity index (χ1n) is 6.85. The summed E-state index contributed by atoms with van der Waals surface area (Å²) in [5.41, 5.74) is 0. The van der Waals surface area contributed by atoms with Crippen molar-refractivity contribution in [2.45, 2.75) is 39.7 Å². The molecule has 19 heavy (non-hydrogen) atoms. The molecule has 4 heteroatoms. The second-order valence-corrected chi connectivity index (χ2v) is 6.01. The summed E-state index contributed by atoms with van der Waals surface area (Å²) in [6, 6.07) is 4.89. The molecule has 0 radical (unpaired) electrons. The highest BCUT2D eigenvalue weighted by atomic mass is 79.9. The normalized spacial score (nSPS) is 12.7. The molecular weight excluding hydrogens is 309 g/mol. The van der Waals surface area contributed by atoms with Gasteiger partial charge in [-0.3, -0.25) is 0 Å². The molecule has 1 N–H and O–H groups in total. The third-order valence-corrected chi connectivity index (χ3v) is 3.37. The van der Waals surface area contributed by atoms with E-state index in [1.54, 1.807) is 12.1 Å². The monoisotopic (exact) mass is 331 g/mol. The lowest BCUT2D eigenvalue weighted by Gasteiger charge is -2.20. The van der Waals surface area contributed by atoms with Crippen molar-refractivity contribution in [3.63, 3.8) is 0 Å². The zero-order chi connectivity index (χ0) is 14.3. The van der Waals surface area contributed by atoms with E-state index in [0.29, 0.717) is 16.1 Å². The second kappa shape index (κ2) is 8.54. The van der Waals surface area contributed by atoms with Gasteiger partial charge in [0.15, 0.2) is 0 Å². The van der Waals surface area contributed by atoms with Crippen LogP contribution in [-0.4, -0.2) is 19.2 Å². The summed E-state index contributed by atoms with van der Waals surface area (Å²) in [6.07, 6.45) is 2.10. The van der Waals surface area contributed by atoms with E-state index >= 15 is 0 Å². The van der Waals surface area contributed by atoms with Crippen LogP contribution in [0.5, 0.6) is 5.75 Å². The van der Waals surface area contributed by atoms with E-state index in [1.807, 2.05) is 0 Å². The minimum Gasteiger partial charge on any atom is -0.489 e. The van der Waals surface area contributed by atoms with Gasteiger partial charge in [-0.2, -0.15) is 0 Å². The molecule has 1 unspecified atom stereocenters. The van der Waals surface area contributed by atoms with Gasteiger partial charge in [-0.25, -0.2) is 4.39 Å². The molecular formula is C15H23BrFNO. The van der Waals surface area contributed by atoms with Gasteiger partial charge >= 0.3 is 0 Å². The van der Waals surface area contributed by atoms with Gasteiger partial charge in [0.25, 0.3) is 0 Å². The van der Waals surface area contributed by atoms with Crippen molar-refractivity contribution in [1.29, 1.82) is 0 Å². The predicted molar refractivity (Wildman–Crippen MR) is 81.1 cm³/mol. The summed E-state index contributed by atoms with van der Waals surface area (Å²) in [4.78, 5) is 0. The Balaban J connectivity index is 2.54. The first kappa shape index (κ1) is 16.4. The molecule has 0 aliphatic carbocycles. The molecule has 108 valence electrons. The van der Waals surface area contributed by atoms with Crippen LogP contribution >= 0.6 is 15.9 Å². The lowest BCUT2D eigenvalue weighted by Crippen LogP contribution is -2.33. The van der Waals surface area contributed by atoms with Gasteiger partial charge in [0.2, 0.25) is 0 Å². The van der Waals surface area contributed by atoms with Crippen LogP contribution in [0.15, 0.2) is 22.7 Å². The number of nitrogens with one attached hydrogen (secondary N) is 1. The molecule has 0 bridgehead atoms. The van der Waals surface area contributed by atoms with Crippen LogP contribution < -0.4 is 10.1 Å². The molecule has 1 rings (SSSR count). The van der Waals surface area contributed by atoms with Gasteiger partial charge in [0, 0.05) is 12.6 Å². The Morgan fingerprint density at radius 3 is 2.63 bits per heavy atom. The molecule has 1 aromatic rings. The topological polar surface area (TPSA) is 21.3 Å². The van der Waals surface area contributed by atoms with Crippen molar-refractivity contribution in [1.82, 2.24) is 5.32 Å². The maximum atomic E-state index is 13.4. The number of rotatable bonds is 8. The molecule has 0 amide bonds. The molecule has 2 nitrogen and oxygen atoms in total. The fourth-order valence-electron chi connectivity index (χ4n) is 1.80. The van der Waals surface area contributed by atoms with Gasteiger partial charge in [0.1, 0.15) is 17.7 Å². The summed E-state index contributed by atoms with van der Waals surface area (Å²) in [5, 5.41) is 3.39. The van der Waals surface area contributed by atoms with Gasteiger partial charge in [-0.1, -0.05) is 27.2 Å². The fourth-order valence-corrected chi connectivity index (χ4v) is 2.05. The Labute approximate surface area is 123 Å². The van der Waals surface area contributed by atoms with Crippen molar-refractivity contribution >= 4 is 15.9 Å². The van der Waals surface area contributed by atoms with Gasteiger partial charge in [-0.15, -0.1) is 0 Å². The van der Waals surface area contributed by atoms with Gasteiger partial charge < -0.3 is 10.1 Å². The Morgan fingerprint density at radius 1 is 1.32 bits per heavy atom. The zero-order valence-electron chi connectivity index (χ0n) is 11.9. The summed E-state index contributed by atoms with van der Waals surface area (Å²) >= 11 is 3.14. The smallest absolute Gasteiger partial charge is 0.141 e. The van der Waals surface area contributed by atoms with Crippen LogP contribution in [0.2, 0.25) is 0 Å². The van der Waals surface area contributed by atoms with E-state index in [9.17, 15) is 4.39 Å².